The lowest BCUT2D eigenvalue weighted by molar-refractivity contribution is 0.259. The quantitative estimate of drug-likeness (QED) is 0.530. The summed E-state index contributed by atoms with van der Waals surface area (Å²) in [7, 11) is 0. The summed E-state index contributed by atoms with van der Waals surface area (Å²) in [5.41, 5.74) is 1.92. The average Bonchev–Trinajstić information content (AvgIpc) is 2.46. The fourth-order valence-electron chi connectivity index (χ4n) is 2.84. The fourth-order valence-corrected chi connectivity index (χ4v) is 4.61. The second-order valence-corrected chi connectivity index (χ2v) is 7.60. The first-order valence-electron chi connectivity index (χ1n) is 7.49. The van der Waals surface area contributed by atoms with E-state index in [4.69, 9.17) is 0 Å². The molecule has 0 radical (unpaired) electrons. The Bertz CT molecular complexity index is 375. The number of thiol groups is 1. The van der Waals surface area contributed by atoms with Gasteiger partial charge in [0.05, 0.1) is 0 Å². The summed E-state index contributed by atoms with van der Waals surface area (Å²) in [6.45, 7) is 4.50. The van der Waals surface area contributed by atoms with Gasteiger partial charge in [-0.2, -0.15) is 12.6 Å². The van der Waals surface area contributed by atoms with E-state index in [0.717, 1.165) is 5.75 Å². The maximum Gasteiger partial charge on any atom is 0.00723 e. The number of rotatable bonds is 5. The van der Waals surface area contributed by atoms with Gasteiger partial charge in [0.15, 0.2) is 0 Å². The molecule has 0 aliphatic heterocycles. The van der Waals surface area contributed by atoms with Gasteiger partial charge in [-0.1, -0.05) is 45.2 Å². The van der Waals surface area contributed by atoms with Gasteiger partial charge < -0.3 is 0 Å². The van der Waals surface area contributed by atoms with Crippen LogP contribution in [0.1, 0.15) is 57.4 Å². The van der Waals surface area contributed by atoms with Crippen molar-refractivity contribution in [3.05, 3.63) is 29.8 Å². The Balaban J connectivity index is 1.93. The zero-order chi connectivity index (χ0) is 13.7. The van der Waals surface area contributed by atoms with E-state index in [9.17, 15) is 0 Å². The second-order valence-electron chi connectivity index (χ2n) is 6.23. The third kappa shape index (κ3) is 4.19. The second kappa shape index (κ2) is 7.08. The van der Waals surface area contributed by atoms with Crippen LogP contribution >= 0.6 is 24.4 Å². The minimum absolute atomic E-state index is 0.489. The number of thioether (sulfide) groups is 1. The Morgan fingerprint density at radius 2 is 1.74 bits per heavy atom. The molecule has 0 atom stereocenters. The molecular weight excluding hydrogens is 268 g/mol. The van der Waals surface area contributed by atoms with Crippen molar-refractivity contribution in [3.8, 4) is 0 Å². The summed E-state index contributed by atoms with van der Waals surface area (Å²) in [5, 5.41) is 0. The highest BCUT2D eigenvalue weighted by molar-refractivity contribution is 7.99. The zero-order valence-corrected chi connectivity index (χ0v) is 13.9. The van der Waals surface area contributed by atoms with Crippen LogP contribution in [-0.2, 0) is 0 Å². The molecule has 1 saturated carbocycles. The molecule has 0 unspecified atom stereocenters. The van der Waals surface area contributed by atoms with E-state index in [0.29, 0.717) is 11.3 Å². The molecular formula is C17H26S2. The van der Waals surface area contributed by atoms with Crippen molar-refractivity contribution in [1.29, 1.82) is 0 Å². The molecule has 106 valence electrons. The normalized spacial score (nSPS) is 18.7. The van der Waals surface area contributed by atoms with E-state index in [-0.39, 0.29) is 0 Å². The fraction of sp³-hybridized carbons (Fsp3) is 0.647. The Hall–Kier alpha value is -0.0800. The van der Waals surface area contributed by atoms with Gasteiger partial charge in [0, 0.05) is 10.6 Å². The average molecular weight is 295 g/mol. The molecule has 19 heavy (non-hydrogen) atoms. The van der Waals surface area contributed by atoms with Crippen LogP contribution in [0.2, 0.25) is 0 Å². The van der Waals surface area contributed by atoms with Crippen LogP contribution in [-0.4, -0.2) is 11.5 Å². The Kier molecular flexibility index (Phi) is 5.70. The molecule has 1 fully saturated rings. The van der Waals surface area contributed by atoms with Crippen molar-refractivity contribution in [1.82, 2.24) is 0 Å². The van der Waals surface area contributed by atoms with Crippen molar-refractivity contribution in [2.45, 2.75) is 56.8 Å². The smallest absolute Gasteiger partial charge is 0.00723 e. The maximum atomic E-state index is 4.63. The summed E-state index contributed by atoms with van der Waals surface area (Å²) >= 11 is 6.65. The van der Waals surface area contributed by atoms with Gasteiger partial charge >= 0.3 is 0 Å². The van der Waals surface area contributed by atoms with Crippen molar-refractivity contribution in [3.63, 3.8) is 0 Å². The van der Waals surface area contributed by atoms with Crippen LogP contribution in [0.3, 0.4) is 0 Å². The first-order valence-corrected chi connectivity index (χ1v) is 9.11. The van der Waals surface area contributed by atoms with Crippen molar-refractivity contribution < 1.29 is 0 Å². The van der Waals surface area contributed by atoms with E-state index in [1.54, 1.807) is 0 Å². The Morgan fingerprint density at radius 3 is 2.26 bits per heavy atom. The molecule has 1 aromatic carbocycles. The van der Waals surface area contributed by atoms with Gasteiger partial charge in [-0.25, -0.2) is 0 Å². The number of benzene rings is 1. The minimum Gasteiger partial charge on any atom is -0.179 e. The molecule has 0 aromatic heterocycles. The lowest BCUT2D eigenvalue weighted by Crippen LogP contribution is -2.28. The molecule has 1 aliphatic rings. The summed E-state index contributed by atoms with van der Waals surface area (Å²) in [4.78, 5) is 1.41. The highest BCUT2D eigenvalue weighted by atomic mass is 32.2. The van der Waals surface area contributed by atoms with E-state index in [1.165, 1.54) is 48.3 Å². The molecule has 0 N–H and O–H groups in total. The topological polar surface area (TPSA) is 0 Å². The molecule has 0 spiro atoms. The standard InChI is InChI=1S/C17H26S2/c1-14(2)15-6-8-16(9-7-15)19-13-17(12-18)10-4-3-5-11-17/h6-9,14,18H,3-5,10-13H2,1-2H3. The monoisotopic (exact) mass is 294 g/mol. The van der Waals surface area contributed by atoms with Gasteiger partial charge in [0.25, 0.3) is 0 Å². The van der Waals surface area contributed by atoms with Crippen molar-refractivity contribution in [2.24, 2.45) is 5.41 Å². The molecule has 0 saturated heterocycles. The molecule has 0 heterocycles. The molecule has 0 bridgehead atoms. The van der Waals surface area contributed by atoms with Crippen LogP contribution < -0.4 is 0 Å². The van der Waals surface area contributed by atoms with Gasteiger partial charge in [-0.3, -0.25) is 0 Å². The summed E-state index contributed by atoms with van der Waals surface area (Å²) < 4.78 is 0. The van der Waals surface area contributed by atoms with Gasteiger partial charge in [0.2, 0.25) is 0 Å². The molecule has 1 aromatic rings. The largest absolute Gasteiger partial charge is 0.179 e. The van der Waals surface area contributed by atoms with E-state index >= 15 is 0 Å². The van der Waals surface area contributed by atoms with Crippen LogP contribution in [0.15, 0.2) is 29.2 Å². The maximum absolute atomic E-state index is 4.63. The van der Waals surface area contributed by atoms with Gasteiger partial charge in [-0.15, -0.1) is 11.8 Å². The summed E-state index contributed by atoms with van der Waals surface area (Å²) in [6, 6.07) is 9.13. The molecule has 1 aliphatic carbocycles. The predicted molar refractivity (Wildman–Crippen MR) is 90.6 cm³/mol. The molecule has 0 amide bonds. The Labute approximate surface area is 128 Å². The summed E-state index contributed by atoms with van der Waals surface area (Å²) in [6.07, 6.45) is 6.95. The van der Waals surface area contributed by atoms with Crippen LogP contribution in [0.25, 0.3) is 0 Å². The SMILES string of the molecule is CC(C)c1ccc(SCC2(CS)CCCCC2)cc1. The first kappa shape index (κ1) is 15.3. The third-order valence-electron chi connectivity index (χ3n) is 4.34. The Morgan fingerprint density at radius 1 is 1.11 bits per heavy atom. The molecule has 0 nitrogen and oxygen atoms in total. The van der Waals surface area contributed by atoms with Crippen LogP contribution in [0, 0.1) is 5.41 Å². The lowest BCUT2D eigenvalue weighted by Gasteiger charge is -2.35. The van der Waals surface area contributed by atoms with Crippen LogP contribution in [0.4, 0.5) is 0 Å². The molecule has 2 rings (SSSR count). The van der Waals surface area contributed by atoms with E-state index < -0.39 is 0 Å². The van der Waals surface area contributed by atoms with E-state index in [1.807, 2.05) is 11.8 Å². The lowest BCUT2D eigenvalue weighted by atomic mass is 9.77. The summed E-state index contributed by atoms with van der Waals surface area (Å²) in [5.74, 6) is 2.91. The first-order chi connectivity index (χ1) is 9.15. The molecule has 2 heteroatoms. The van der Waals surface area contributed by atoms with Gasteiger partial charge in [-0.05, 0) is 47.6 Å². The minimum atomic E-state index is 0.489. The van der Waals surface area contributed by atoms with Crippen LogP contribution in [0.5, 0.6) is 0 Å². The highest BCUT2D eigenvalue weighted by Crippen LogP contribution is 2.41. The third-order valence-corrected chi connectivity index (χ3v) is 6.37. The van der Waals surface area contributed by atoms with E-state index in [2.05, 4.69) is 50.7 Å². The van der Waals surface area contributed by atoms with Gasteiger partial charge in [0.1, 0.15) is 0 Å². The zero-order valence-electron chi connectivity index (χ0n) is 12.2. The number of hydrogen-bond donors (Lipinski definition) is 1. The van der Waals surface area contributed by atoms with Crippen molar-refractivity contribution in [2.75, 3.05) is 11.5 Å². The highest BCUT2D eigenvalue weighted by Gasteiger charge is 2.30. The predicted octanol–water partition coefficient (Wildman–Crippen LogP) is 5.78. The number of hydrogen-bond acceptors (Lipinski definition) is 2. The van der Waals surface area contributed by atoms with Crippen molar-refractivity contribution >= 4 is 24.4 Å².